The van der Waals surface area contributed by atoms with Gasteiger partial charge in [0.1, 0.15) is 5.75 Å². The lowest BCUT2D eigenvalue weighted by molar-refractivity contribution is -0.130. The first-order valence-electron chi connectivity index (χ1n) is 6.21. The molecular formula is C17H15NO2. The predicted octanol–water partition coefficient (Wildman–Crippen LogP) is 3.73. The first-order valence-corrected chi connectivity index (χ1v) is 6.21. The highest BCUT2D eigenvalue weighted by Gasteiger charge is 2.04. The number of nitrogens with zero attached hydrogens (tertiary/aromatic N) is 1. The highest BCUT2D eigenvalue weighted by Crippen LogP contribution is 2.15. The molecule has 3 heteroatoms. The van der Waals surface area contributed by atoms with E-state index in [1.165, 1.54) is 0 Å². The fourth-order valence-electron chi connectivity index (χ4n) is 1.51. The Labute approximate surface area is 118 Å². The zero-order valence-corrected chi connectivity index (χ0v) is 11.2. The zero-order valence-electron chi connectivity index (χ0n) is 11.2. The Balaban J connectivity index is 2.03. The Morgan fingerprint density at radius 1 is 1.05 bits per heavy atom. The Morgan fingerprint density at radius 2 is 1.60 bits per heavy atom. The average molecular weight is 265 g/mol. The molecule has 1 aromatic carbocycles. The van der Waals surface area contributed by atoms with Gasteiger partial charge in [-0.25, -0.2) is 4.79 Å². The van der Waals surface area contributed by atoms with Crippen molar-refractivity contribution in [2.75, 3.05) is 0 Å². The maximum Gasteiger partial charge on any atom is 0.338 e. The van der Waals surface area contributed by atoms with Gasteiger partial charge in [0.05, 0.1) is 0 Å². The van der Waals surface area contributed by atoms with E-state index in [0.29, 0.717) is 11.3 Å². The molecule has 0 N–H and O–H groups in total. The number of hydrogen-bond acceptors (Lipinski definition) is 3. The number of benzene rings is 1. The summed E-state index contributed by atoms with van der Waals surface area (Å²) in [6.07, 6.45) is 7.48. The summed E-state index contributed by atoms with van der Waals surface area (Å²) in [7, 11) is 0. The van der Waals surface area contributed by atoms with E-state index in [9.17, 15) is 4.79 Å². The molecule has 1 aromatic heterocycles. The number of ether oxygens (including phenoxy) is 1. The lowest BCUT2D eigenvalue weighted by atomic mass is 10.1. The molecule has 0 aliphatic rings. The summed E-state index contributed by atoms with van der Waals surface area (Å²) in [4.78, 5) is 15.3. The van der Waals surface area contributed by atoms with E-state index in [1.54, 1.807) is 31.5 Å². The third-order valence-corrected chi connectivity index (χ3v) is 2.61. The van der Waals surface area contributed by atoms with E-state index in [1.807, 2.05) is 36.4 Å². The quantitative estimate of drug-likeness (QED) is 0.480. The van der Waals surface area contributed by atoms with Crippen LogP contribution < -0.4 is 4.74 Å². The van der Waals surface area contributed by atoms with Gasteiger partial charge in [0.15, 0.2) is 0 Å². The van der Waals surface area contributed by atoms with Gasteiger partial charge < -0.3 is 4.74 Å². The van der Waals surface area contributed by atoms with E-state index < -0.39 is 5.97 Å². The molecule has 2 aromatic rings. The van der Waals surface area contributed by atoms with E-state index in [0.717, 1.165) is 11.1 Å². The van der Waals surface area contributed by atoms with Crippen LogP contribution in [0.15, 0.2) is 60.9 Å². The van der Waals surface area contributed by atoms with Crippen LogP contribution in [0.25, 0.3) is 12.2 Å². The molecule has 0 aliphatic heterocycles. The Morgan fingerprint density at radius 3 is 2.15 bits per heavy atom. The van der Waals surface area contributed by atoms with Gasteiger partial charge in [0, 0.05) is 18.0 Å². The summed E-state index contributed by atoms with van der Waals surface area (Å²) in [6, 6.07) is 11.1. The van der Waals surface area contributed by atoms with Crippen LogP contribution in [0.3, 0.4) is 0 Å². The second-order valence-electron chi connectivity index (χ2n) is 4.35. The Kier molecular flexibility index (Phi) is 4.45. The Hall–Kier alpha value is -2.68. The van der Waals surface area contributed by atoms with E-state index in [4.69, 9.17) is 4.74 Å². The van der Waals surface area contributed by atoms with Gasteiger partial charge in [-0.1, -0.05) is 30.9 Å². The summed E-state index contributed by atoms with van der Waals surface area (Å²) in [5.74, 6) is 0.101. The topological polar surface area (TPSA) is 39.2 Å². The van der Waals surface area contributed by atoms with Crippen LogP contribution in [0.1, 0.15) is 18.1 Å². The summed E-state index contributed by atoms with van der Waals surface area (Å²) in [6.45, 7) is 5.16. The van der Waals surface area contributed by atoms with Crippen LogP contribution in [0.2, 0.25) is 0 Å². The monoisotopic (exact) mass is 265 g/mol. The molecule has 2 rings (SSSR count). The first kappa shape index (κ1) is 13.7. The zero-order chi connectivity index (χ0) is 14.4. The van der Waals surface area contributed by atoms with Crippen molar-refractivity contribution in [2.24, 2.45) is 0 Å². The van der Waals surface area contributed by atoms with Gasteiger partial charge in [-0.2, -0.15) is 0 Å². The number of rotatable bonds is 4. The van der Waals surface area contributed by atoms with E-state index >= 15 is 0 Å². The van der Waals surface area contributed by atoms with Crippen LogP contribution in [-0.2, 0) is 4.79 Å². The van der Waals surface area contributed by atoms with Crippen LogP contribution in [0, 0.1) is 0 Å². The van der Waals surface area contributed by atoms with Gasteiger partial charge in [-0.05, 0) is 42.3 Å². The van der Waals surface area contributed by atoms with Crippen LogP contribution >= 0.6 is 0 Å². The molecule has 0 fully saturated rings. The molecule has 1 heterocycles. The molecule has 0 amide bonds. The van der Waals surface area contributed by atoms with Gasteiger partial charge in [-0.3, -0.25) is 4.98 Å². The van der Waals surface area contributed by atoms with Gasteiger partial charge in [0.25, 0.3) is 0 Å². The third-order valence-electron chi connectivity index (χ3n) is 2.61. The summed E-state index contributed by atoms with van der Waals surface area (Å²) in [5, 5.41) is 0. The van der Waals surface area contributed by atoms with Crippen molar-refractivity contribution in [3.63, 3.8) is 0 Å². The van der Waals surface area contributed by atoms with Gasteiger partial charge in [-0.15, -0.1) is 0 Å². The predicted molar refractivity (Wildman–Crippen MR) is 80.1 cm³/mol. The largest absolute Gasteiger partial charge is 0.423 e. The number of carbonyl (C=O) groups is 1. The van der Waals surface area contributed by atoms with Crippen molar-refractivity contribution in [3.05, 3.63) is 72.1 Å². The lowest BCUT2D eigenvalue weighted by Gasteiger charge is -2.03. The highest BCUT2D eigenvalue weighted by molar-refractivity contribution is 5.88. The van der Waals surface area contributed by atoms with Gasteiger partial charge in [0.2, 0.25) is 0 Å². The second kappa shape index (κ2) is 6.48. The first-order chi connectivity index (χ1) is 9.65. The smallest absolute Gasteiger partial charge is 0.338 e. The van der Waals surface area contributed by atoms with Crippen molar-refractivity contribution < 1.29 is 9.53 Å². The fraction of sp³-hybridized carbons (Fsp3) is 0.0588. The van der Waals surface area contributed by atoms with Crippen molar-refractivity contribution in [1.29, 1.82) is 0 Å². The minimum atomic E-state index is -0.412. The van der Waals surface area contributed by atoms with Crippen LogP contribution in [-0.4, -0.2) is 11.0 Å². The molecule has 0 radical (unpaired) electrons. The van der Waals surface area contributed by atoms with Gasteiger partial charge >= 0.3 is 5.97 Å². The molecule has 0 saturated heterocycles. The lowest BCUT2D eigenvalue weighted by Crippen LogP contribution is -2.07. The molecule has 0 saturated carbocycles. The molecule has 0 aliphatic carbocycles. The number of hydrogen-bond donors (Lipinski definition) is 0. The van der Waals surface area contributed by atoms with Crippen molar-refractivity contribution in [3.8, 4) is 5.75 Å². The maximum absolute atomic E-state index is 11.4. The second-order valence-corrected chi connectivity index (χ2v) is 4.35. The van der Waals surface area contributed by atoms with E-state index in [-0.39, 0.29) is 0 Å². The molecule has 0 spiro atoms. The summed E-state index contributed by atoms with van der Waals surface area (Å²) in [5.41, 5.74) is 2.49. The standard InChI is InChI=1S/C17H15NO2/c1-13(2)17(19)20-16-7-5-14(6-8-16)3-4-15-9-11-18-12-10-15/h3-12H,1H2,2H3. The number of pyridine rings is 1. The SMILES string of the molecule is C=C(C)C(=O)Oc1ccc(C=Cc2ccncc2)cc1. The molecule has 0 unspecified atom stereocenters. The van der Waals surface area contributed by atoms with Crippen molar-refractivity contribution >= 4 is 18.1 Å². The third kappa shape index (κ3) is 3.92. The Bertz CT molecular complexity index is 628. The minimum absolute atomic E-state index is 0.381. The molecule has 20 heavy (non-hydrogen) atoms. The van der Waals surface area contributed by atoms with Crippen LogP contribution in [0.4, 0.5) is 0 Å². The minimum Gasteiger partial charge on any atom is -0.423 e. The fourth-order valence-corrected chi connectivity index (χ4v) is 1.51. The van der Waals surface area contributed by atoms with E-state index in [2.05, 4.69) is 11.6 Å². The molecule has 0 atom stereocenters. The average Bonchev–Trinajstić information content (AvgIpc) is 2.47. The van der Waals surface area contributed by atoms with Crippen LogP contribution in [0.5, 0.6) is 5.75 Å². The summed E-state index contributed by atoms with van der Waals surface area (Å²) < 4.78 is 5.12. The molecule has 3 nitrogen and oxygen atoms in total. The number of aromatic nitrogens is 1. The van der Waals surface area contributed by atoms with Crippen molar-refractivity contribution in [2.45, 2.75) is 6.92 Å². The molecule has 100 valence electrons. The highest BCUT2D eigenvalue weighted by atomic mass is 16.5. The van der Waals surface area contributed by atoms with Crippen molar-refractivity contribution in [1.82, 2.24) is 4.98 Å². The normalized spacial score (nSPS) is 10.4. The summed E-state index contributed by atoms with van der Waals surface area (Å²) >= 11 is 0. The molecular weight excluding hydrogens is 250 g/mol. The maximum atomic E-state index is 11.4. The number of esters is 1. The number of carbonyl (C=O) groups excluding carboxylic acids is 1. The molecule has 0 bridgehead atoms.